The van der Waals surface area contributed by atoms with Crippen molar-refractivity contribution < 1.29 is 19.4 Å². The second-order valence-corrected chi connectivity index (χ2v) is 9.72. The third-order valence-electron chi connectivity index (χ3n) is 7.32. The van der Waals surface area contributed by atoms with Gasteiger partial charge in [0.15, 0.2) is 11.5 Å². The number of likely N-dealkylation sites (tertiary alicyclic amines) is 1. The van der Waals surface area contributed by atoms with Gasteiger partial charge in [0.25, 0.3) is 0 Å². The molecular weight excluding hydrogens is 474 g/mol. The summed E-state index contributed by atoms with van der Waals surface area (Å²) in [6.07, 6.45) is 1.28. The zero-order valence-electron chi connectivity index (χ0n) is 21.6. The predicted molar refractivity (Wildman–Crippen MR) is 149 cm³/mol. The summed E-state index contributed by atoms with van der Waals surface area (Å²) in [7, 11) is 1.66. The van der Waals surface area contributed by atoms with Crippen LogP contribution in [0.3, 0.4) is 0 Å². The summed E-state index contributed by atoms with van der Waals surface area (Å²) < 4.78 is 11.9. The first-order valence-corrected chi connectivity index (χ1v) is 13.1. The lowest BCUT2D eigenvalue weighted by Crippen LogP contribution is -2.39. The molecule has 5 rings (SSSR count). The van der Waals surface area contributed by atoms with Gasteiger partial charge < -0.3 is 14.6 Å². The lowest BCUT2D eigenvalue weighted by molar-refractivity contribution is -0.143. The third-order valence-corrected chi connectivity index (χ3v) is 7.32. The number of rotatable bonds is 9. The maximum Gasteiger partial charge on any atom is 0.306 e. The molecule has 0 bridgehead atoms. The molecule has 0 saturated carbocycles. The zero-order valence-corrected chi connectivity index (χ0v) is 21.6. The van der Waals surface area contributed by atoms with Gasteiger partial charge in [0, 0.05) is 0 Å². The van der Waals surface area contributed by atoms with Gasteiger partial charge in [0.1, 0.15) is 6.61 Å². The second kappa shape index (κ2) is 12.0. The number of carbonyl (C=O) groups is 1. The predicted octanol–water partition coefficient (Wildman–Crippen LogP) is 6.83. The topological polar surface area (TPSA) is 59.0 Å². The van der Waals surface area contributed by atoms with Gasteiger partial charge in [-0.25, -0.2) is 0 Å². The Kier molecular flexibility index (Phi) is 8.05. The molecule has 1 N–H and O–H groups in total. The number of piperidine rings is 1. The molecule has 1 aliphatic rings. The van der Waals surface area contributed by atoms with Crippen molar-refractivity contribution in [1.82, 2.24) is 4.90 Å². The lowest BCUT2D eigenvalue weighted by atomic mass is 9.90. The van der Waals surface area contributed by atoms with Crippen LogP contribution >= 0.6 is 0 Å². The molecule has 5 heteroatoms. The van der Waals surface area contributed by atoms with Gasteiger partial charge >= 0.3 is 5.97 Å². The Morgan fingerprint density at radius 3 is 2.05 bits per heavy atom. The Bertz CT molecular complexity index is 1330. The van der Waals surface area contributed by atoms with Crippen LogP contribution in [-0.2, 0) is 11.4 Å². The molecule has 0 aliphatic carbocycles. The van der Waals surface area contributed by atoms with Gasteiger partial charge in [-0.3, -0.25) is 9.69 Å². The van der Waals surface area contributed by atoms with Gasteiger partial charge in [0.05, 0.1) is 19.1 Å². The molecule has 1 unspecified atom stereocenters. The van der Waals surface area contributed by atoms with Crippen LogP contribution in [0.4, 0.5) is 0 Å². The fourth-order valence-electron chi connectivity index (χ4n) is 5.22. The maximum absolute atomic E-state index is 11.6. The molecule has 5 nitrogen and oxygen atoms in total. The highest BCUT2D eigenvalue weighted by atomic mass is 16.5. The van der Waals surface area contributed by atoms with Crippen molar-refractivity contribution in [1.29, 1.82) is 0 Å². The van der Waals surface area contributed by atoms with Gasteiger partial charge in [-0.15, -0.1) is 0 Å². The van der Waals surface area contributed by atoms with Crippen molar-refractivity contribution in [3.63, 3.8) is 0 Å². The van der Waals surface area contributed by atoms with Crippen LogP contribution in [0.25, 0.3) is 11.1 Å². The molecule has 4 aromatic carbocycles. The van der Waals surface area contributed by atoms with Gasteiger partial charge in [-0.1, -0.05) is 91.0 Å². The summed E-state index contributed by atoms with van der Waals surface area (Å²) in [5.41, 5.74) is 5.70. The first-order valence-electron chi connectivity index (χ1n) is 13.1. The Morgan fingerprint density at radius 2 is 1.42 bits per heavy atom. The molecule has 0 aromatic heterocycles. The number of benzene rings is 4. The Hall–Kier alpha value is -4.09. The highest BCUT2D eigenvalue weighted by Gasteiger charge is 2.30. The van der Waals surface area contributed by atoms with Gasteiger partial charge in [0.2, 0.25) is 0 Å². The van der Waals surface area contributed by atoms with Crippen molar-refractivity contribution in [2.24, 2.45) is 5.92 Å². The number of carboxylic acids is 1. The fraction of sp³-hybridized carbons (Fsp3) is 0.242. The summed E-state index contributed by atoms with van der Waals surface area (Å²) >= 11 is 0. The Morgan fingerprint density at radius 1 is 0.816 bits per heavy atom. The molecule has 0 radical (unpaired) electrons. The molecule has 1 heterocycles. The molecule has 194 valence electrons. The van der Waals surface area contributed by atoms with Crippen LogP contribution in [0.15, 0.2) is 103 Å². The summed E-state index contributed by atoms with van der Waals surface area (Å²) in [5.74, 6) is 0.401. The molecule has 1 aliphatic heterocycles. The average Bonchev–Trinajstić information content (AvgIpc) is 2.98. The summed E-state index contributed by atoms with van der Waals surface area (Å²) in [4.78, 5) is 14.0. The normalized spacial score (nSPS) is 15.1. The van der Waals surface area contributed by atoms with E-state index in [-0.39, 0.29) is 12.0 Å². The summed E-state index contributed by atoms with van der Waals surface area (Å²) in [6.45, 7) is 1.90. The first-order chi connectivity index (χ1) is 18.6. The number of hydrogen-bond donors (Lipinski definition) is 1. The van der Waals surface area contributed by atoms with Crippen molar-refractivity contribution in [2.45, 2.75) is 25.5 Å². The van der Waals surface area contributed by atoms with E-state index in [0.29, 0.717) is 30.9 Å². The zero-order chi connectivity index (χ0) is 26.3. The van der Waals surface area contributed by atoms with Crippen LogP contribution < -0.4 is 9.47 Å². The van der Waals surface area contributed by atoms with Crippen molar-refractivity contribution in [3.05, 3.63) is 120 Å². The molecular formula is C33H33NO4. The van der Waals surface area contributed by atoms with Crippen LogP contribution in [0, 0.1) is 5.92 Å². The van der Waals surface area contributed by atoms with E-state index in [4.69, 9.17) is 9.47 Å². The van der Waals surface area contributed by atoms with Crippen molar-refractivity contribution in [3.8, 4) is 22.6 Å². The number of hydrogen-bond acceptors (Lipinski definition) is 4. The van der Waals surface area contributed by atoms with E-state index in [1.165, 1.54) is 16.7 Å². The summed E-state index contributed by atoms with van der Waals surface area (Å²) in [5, 5.41) is 9.52. The first kappa shape index (κ1) is 25.6. The largest absolute Gasteiger partial charge is 0.493 e. The minimum absolute atomic E-state index is 0.0216. The number of aliphatic carboxylic acids is 1. The maximum atomic E-state index is 11.6. The van der Waals surface area contributed by atoms with Crippen LogP contribution in [0.2, 0.25) is 0 Å². The number of carboxylic acid groups (broad SMARTS) is 1. The van der Waals surface area contributed by atoms with E-state index >= 15 is 0 Å². The molecule has 0 spiro atoms. The molecule has 0 amide bonds. The number of nitrogens with zero attached hydrogens (tertiary/aromatic N) is 1. The highest BCUT2D eigenvalue weighted by molar-refractivity contribution is 5.70. The van der Waals surface area contributed by atoms with Crippen molar-refractivity contribution in [2.75, 3.05) is 20.2 Å². The van der Waals surface area contributed by atoms with E-state index in [1.54, 1.807) is 7.11 Å². The minimum atomic E-state index is -0.699. The molecule has 1 saturated heterocycles. The van der Waals surface area contributed by atoms with E-state index in [2.05, 4.69) is 53.4 Å². The Balaban J connectivity index is 1.44. The fourth-order valence-corrected chi connectivity index (χ4v) is 5.22. The molecule has 38 heavy (non-hydrogen) atoms. The van der Waals surface area contributed by atoms with Crippen molar-refractivity contribution >= 4 is 5.97 Å². The quantitative estimate of drug-likeness (QED) is 0.269. The van der Waals surface area contributed by atoms with Crippen LogP contribution in [0.1, 0.15) is 35.6 Å². The Labute approximate surface area is 224 Å². The second-order valence-electron chi connectivity index (χ2n) is 9.72. The van der Waals surface area contributed by atoms with E-state index < -0.39 is 5.97 Å². The lowest BCUT2D eigenvalue weighted by Gasteiger charge is -2.37. The van der Waals surface area contributed by atoms with E-state index in [1.807, 2.05) is 54.6 Å². The highest BCUT2D eigenvalue weighted by Crippen LogP contribution is 2.38. The van der Waals surface area contributed by atoms with Crippen LogP contribution in [-0.4, -0.2) is 36.2 Å². The number of ether oxygens (including phenoxy) is 2. The van der Waals surface area contributed by atoms with Gasteiger partial charge in [-0.2, -0.15) is 0 Å². The summed E-state index contributed by atoms with van der Waals surface area (Å²) in [6, 6.07) is 35.2. The monoisotopic (exact) mass is 507 g/mol. The minimum Gasteiger partial charge on any atom is -0.493 e. The smallest absolute Gasteiger partial charge is 0.306 e. The van der Waals surface area contributed by atoms with Crippen LogP contribution in [0.5, 0.6) is 11.5 Å². The van der Waals surface area contributed by atoms with E-state index in [9.17, 15) is 9.90 Å². The SMILES string of the molecule is COc1cc(C(c2ccc(-c3ccccc3)cc2)N2CCC(C(=O)O)CC2)ccc1OCc1ccccc1. The molecule has 1 atom stereocenters. The standard InChI is InChI=1S/C33H33NO4/c1-37-31-22-29(16-17-30(31)38-23-24-8-4-2-5-9-24)32(34-20-18-28(19-21-34)33(35)36)27-14-12-26(13-15-27)25-10-6-3-7-11-25/h2-17,22,28,32H,18-21,23H2,1H3,(H,35,36). The van der Waals surface area contributed by atoms with Gasteiger partial charge in [-0.05, 0) is 65.9 Å². The third kappa shape index (κ3) is 5.90. The number of methoxy groups -OCH3 is 1. The average molecular weight is 508 g/mol. The molecule has 4 aromatic rings. The van der Waals surface area contributed by atoms with E-state index in [0.717, 1.165) is 24.2 Å². The molecule has 1 fully saturated rings.